The average molecular weight is 336 g/mol. The molecule has 0 bridgehead atoms. The van der Waals surface area contributed by atoms with Gasteiger partial charge in [0.15, 0.2) is 0 Å². The zero-order valence-corrected chi connectivity index (χ0v) is 13.0. The van der Waals surface area contributed by atoms with Gasteiger partial charge in [0.05, 0.1) is 11.4 Å². The van der Waals surface area contributed by atoms with E-state index in [0.29, 0.717) is 17.9 Å². The van der Waals surface area contributed by atoms with Gasteiger partial charge in [-0.3, -0.25) is 4.31 Å². The lowest BCUT2D eigenvalue weighted by atomic mass is 10.2. The summed E-state index contributed by atoms with van der Waals surface area (Å²) >= 11 is 3.28. The third-order valence-corrected chi connectivity index (χ3v) is 4.31. The van der Waals surface area contributed by atoms with E-state index >= 15 is 0 Å². The topological polar surface area (TPSA) is 75.4 Å². The van der Waals surface area contributed by atoms with E-state index in [0.717, 1.165) is 8.78 Å². The van der Waals surface area contributed by atoms with Gasteiger partial charge >= 0.3 is 10.2 Å². The van der Waals surface area contributed by atoms with Crippen molar-refractivity contribution >= 4 is 37.5 Å². The molecule has 0 amide bonds. The van der Waals surface area contributed by atoms with Gasteiger partial charge in [-0.1, -0.05) is 29.8 Å². The van der Waals surface area contributed by atoms with Crippen molar-refractivity contribution in [3.63, 3.8) is 0 Å². The second-order valence-corrected chi connectivity index (χ2v) is 7.12. The fraction of sp³-hybridized carbons (Fsp3) is 0.455. The lowest BCUT2D eigenvalue weighted by Gasteiger charge is -2.22. The minimum atomic E-state index is -3.56. The standard InChI is InChI=1S/C11H18BrN3O2S/c1-8(2)7-14-18(16,17)15(3)11-5-4-9(12)6-10(11)13/h4-6,8,14H,7,13H2,1-3H3. The average Bonchev–Trinajstić information content (AvgIpc) is 2.26. The summed E-state index contributed by atoms with van der Waals surface area (Å²) in [6.07, 6.45) is 0. The van der Waals surface area contributed by atoms with Crippen LogP contribution in [0.1, 0.15) is 13.8 Å². The van der Waals surface area contributed by atoms with Crippen LogP contribution in [0.4, 0.5) is 11.4 Å². The molecule has 0 saturated carbocycles. The number of halogens is 1. The van der Waals surface area contributed by atoms with Crippen LogP contribution >= 0.6 is 15.9 Å². The fourth-order valence-electron chi connectivity index (χ4n) is 1.31. The lowest BCUT2D eigenvalue weighted by molar-refractivity contribution is 0.558. The number of nitrogens with zero attached hydrogens (tertiary/aromatic N) is 1. The summed E-state index contributed by atoms with van der Waals surface area (Å²) in [4.78, 5) is 0. The van der Waals surface area contributed by atoms with E-state index in [1.807, 2.05) is 13.8 Å². The number of hydrogen-bond acceptors (Lipinski definition) is 3. The molecule has 1 aromatic carbocycles. The summed E-state index contributed by atoms with van der Waals surface area (Å²) in [5.41, 5.74) is 6.67. The normalized spacial score (nSPS) is 11.8. The Morgan fingerprint density at radius 2 is 2.06 bits per heavy atom. The van der Waals surface area contributed by atoms with E-state index in [-0.39, 0.29) is 5.92 Å². The third kappa shape index (κ3) is 3.86. The zero-order chi connectivity index (χ0) is 13.9. The molecular weight excluding hydrogens is 318 g/mol. The fourth-order valence-corrected chi connectivity index (χ4v) is 2.85. The molecule has 0 atom stereocenters. The predicted molar refractivity (Wildman–Crippen MR) is 78.7 cm³/mol. The van der Waals surface area contributed by atoms with Crippen molar-refractivity contribution in [3.05, 3.63) is 22.7 Å². The first-order valence-electron chi connectivity index (χ1n) is 5.52. The second-order valence-electron chi connectivity index (χ2n) is 4.42. The molecule has 0 saturated heterocycles. The number of anilines is 2. The van der Waals surface area contributed by atoms with Crippen LogP contribution in [0.15, 0.2) is 22.7 Å². The summed E-state index contributed by atoms with van der Waals surface area (Å²) in [5, 5.41) is 0. The number of nitrogens with two attached hydrogens (primary N) is 1. The van der Waals surface area contributed by atoms with Crippen molar-refractivity contribution in [1.82, 2.24) is 4.72 Å². The Bertz CT molecular complexity index is 517. The van der Waals surface area contributed by atoms with E-state index in [1.54, 1.807) is 18.2 Å². The molecule has 0 radical (unpaired) electrons. The first-order chi connectivity index (χ1) is 8.24. The number of rotatable bonds is 5. The first-order valence-corrected chi connectivity index (χ1v) is 7.76. The van der Waals surface area contributed by atoms with Gasteiger partial charge < -0.3 is 5.73 Å². The van der Waals surface area contributed by atoms with E-state index in [9.17, 15) is 8.42 Å². The summed E-state index contributed by atoms with van der Waals surface area (Å²) in [7, 11) is -2.08. The van der Waals surface area contributed by atoms with Crippen LogP contribution in [0, 0.1) is 5.92 Å². The van der Waals surface area contributed by atoms with Crippen LogP contribution in [-0.4, -0.2) is 22.0 Å². The largest absolute Gasteiger partial charge is 0.397 e. The minimum Gasteiger partial charge on any atom is -0.397 e. The predicted octanol–water partition coefficient (Wildman–Crippen LogP) is 1.96. The second kappa shape index (κ2) is 5.90. The van der Waals surface area contributed by atoms with Crippen LogP contribution < -0.4 is 14.8 Å². The third-order valence-electron chi connectivity index (χ3n) is 2.36. The SMILES string of the molecule is CC(C)CNS(=O)(=O)N(C)c1ccc(Br)cc1N. The van der Waals surface area contributed by atoms with Crippen LogP contribution in [-0.2, 0) is 10.2 Å². The number of nitrogen functional groups attached to an aromatic ring is 1. The molecule has 5 nitrogen and oxygen atoms in total. The molecule has 1 aromatic rings. The maximum atomic E-state index is 12.0. The molecule has 7 heteroatoms. The molecule has 0 heterocycles. The molecule has 1 rings (SSSR count). The molecule has 0 aliphatic rings. The van der Waals surface area contributed by atoms with E-state index in [2.05, 4.69) is 20.7 Å². The molecule has 0 aliphatic heterocycles. The maximum Gasteiger partial charge on any atom is 0.301 e. The smallest absolute Gasteiger partial charge is 0.301 e. The minimum absolute atomic E-state index is 0.246. The van der Waals surface area contributed by atoms with Crippen molar-refractivity contribution in [3.8, 4) is 0 Å². The summed E-state index contributed by atoms with van der Waals surface area (Å²) in [6.45, 7) is 4.27. The van der Waals surface area contributed by atoms with Gasteiger partial charge in [0.1, 0.15) is 0 Å². The summed E-state index contributed by atoms with van der Waals surface area (Å²) < 4.78 is 28.5. The van der Waals surface area contributed by atoms with Gasteiger partial charge in [-0.05, 0) is 24.1 Å². The number of hydrogen-bond donors (Lipinski definition) is 2. The highest BCUT2D eigenvalue weighted by Crippen LogP contribution is 2.27. The lowest BCUT2D eigenvalue weighted by Crippen LogP contribution is -2.40. The van der Waals surface area contributed by atoms with Gasteiger partial charge in [-0.15, -0.1) is 0 Å². The Kier molecular flexibility index (Phi) is 5.01. The molecular formula is C11H18BrN3O2S. The highest BCUT2D eigenvalue weighted by atomic mass is 79.9. The Morgan fingerprint density at radius 3 is 2.56 bits per heavy atom. The van der Waals surface area contributed by atoms with Crippen LogP contribution in [0.25, 0.3) is 0 Å². The monoisotopic (exact) mass is 335 g/mol. The van der Waals surface area contributed by atoms with Gasteiger partial charge in [0.2, 0.25) is 0 Å². The summed E-state index contributed by atoms with van der Waals surface area (Å²) in [6, 6.07) is 5.08. The van der Waals surface area contributed by atoms with Crippen molar-refractivity contribution in [2.24, 2.45) is 5.92 Å². The number of benzene rings is 1. The van der Waals surface area contributed by atoms with E-state index < -0.39 is 10.2 Å². The first kappa shape index (κ1) is 15.3. The Balaban J connectivity index is 2.95. The van der Waals surface area contributed by atoms with Crippen molar-refractivity contribution in [2.75, 3.05) is 23.6 Å². The van der Waals surface area contributed by atoms with E-state index in [1.165, 1.54) is 7.05 Å². The van der Waals surface area contributed by atoms with Crippen molar-refractivity contribution < 1.29 is 8.42 Å². The molecule has 3 N–H and O–H groups in total. The number of nitrogens with one attached hydrogen (secondary N) is 1. The maximum absolute atomic E-state index is 12.0. The summed E-state index contributed by atoms with van der Waals surface area (Å²) in [5.74, 6) is 0.246. The molecule has 0 aliphatic carbocycles. The van der Waals surface area contributed by atoms with E-state index in [4.69, 9.17) is 5.73 Å². The van der Waals surface area contributed by atoms with Crippen molar-refractivity contribution in [2.45, 2.75) is 13.8 Å². The molecule has 0 fully saturated rings. The van der Waals surface area contributed by atoms with Crippen LogP contribution in [0.2, 0.25) is 0 Å². The molecule has 0 aromatic heterocycles. The molecule has 0 unspecified atom stereocenters. The highest BCUT2D eigenvalue weighted by Gasteiger charge is 2.19. The Morgan fingerprint density at radius 1 is 1.44 bits per heavy atom. The molecule has 0 spiro atoms. The highest BCUT2D eigenvalue weighted by molar-refractivity contribution is 9.10. The van der Waals surface area contributed by atoms with Crippen LogP contribution in [0.5, 0.6) is 0 Å². The van der Waals surface area contributed by atoms with Gasteiger partial charge in [-0.25, -0.2) is 0 Å². The molecule has 18 heavy (non-hydrogen) atoms. The Labute approximate surface area is 117 Å². The van der Waals surface area contributed by atoms with Gasteiger partial charge in [0, 0.05) is 18.1 Å². The van der Waals surface area contributed by atoms with Gasteiger partial charge in [-0.2, -0.15) is 13.1 Å². The van der Waals surface area contributed by atoms with Crippen LogP contribution in [0.3, 0.4) is 0 Å². The van der Waals surface area contributed by atoms with Crippen molar-refractivity contribution in [1.29, 1.82) is 0 Å². The zero-order valence-electron chi connectivity index (χ0n) is 10.6. The molecule has 102 valence electrons. The Hall–Kier alpha value is -0.790. The quantitative estimate of drug-likeness (QED) is 0.807. The van der Waals surface area contributed by atoms with Gasteiger partial charge in [0.25, 0.3) is 0 Å².